The summed E-state index contributed by atoms with van der Waals surface area (Å²) in [5, 5.41) is 16.5. The van der Waals surface area contributed by atoms with E-state index >= 15 is 0 Å². The van der Waals surface area contributed by atoms with Crippen LogP contribution in [0.4, 0.5) is 0 Å². The first-order chi connectivity index (χ1) is 10.2. The number of carbonyl (C=O) groups excluding carboxylic acids is 1. The molecule has 3 N–H and O–H groups in total. The largest absolute Gasteiger partial charge is 0.391 e. The number of amides is 1. The van der Waals surface area contributed by atoms with E-state index in [0.29, 0.717) is 0 Å². The van der Waals surface area contributed by atoms with Gasteiger partial charge in [0.1, 0.15) is 0 Å². The standard InChI is InChI=1S/C17H24N2O2/c20-16-9-3-1-2-8-14(16)19-17(21)15-10-12-6-4-5-7-13(12)11-18-15/h4-7,14-16,18,20H,1-3,8-11H2,(H,19,21)/t14?,15-,16?/m0/s1. The summed E-state index contributed by atoms with van der Waals surface area (Å²) in [7, 11) is 0. The maximum atomic E-state index is 12.4. The van der Waals surface area contributed by atoms with Crippen molar-refractivity contribution >= 4 is 5.91 Å². The lowest BCUT2D eigenvalue weighted by atomic mass is 9.95. The Hall–Kier alpha value is -1.39. The Balaban J connectivity index is 1.61. The van der Waals surface area contributed by atoms with E-state index in [2.05, 4.69) is 22.8 Å². The average Bonchev–Trinajstić information content (AvgIpc) is 2.72. The third kappa shape index (κ3) is 3.44. The number of rotatable bonds is 2. The molecule has 3 atom stereocenters. The number of carbonyl (C=O) groups is 1. The molecule has 114 valence electrons. The summed E-state index contributed by atoms with van der Waals surface area (Å²) < 4.78 is 0. The normalized spacial score (nSPS) is 29.3. The van der Waals surface area contributed by atoms with Crippen molar-refractivity contribution in [1.82, 2.24) is 10.6 Å². The van der Waals surface area contributed by atoms with Crippen LogP contribution in [0.5, 0.6) is 0 Å². The second kappa shape index (κ2) is 6.58. The van der Waals surface area contributed by atoms with Crippen LogP contribution < -0.4 is 10.6 Å². The van der Waals surface area contributed by atoms with Gasteiger partial charge in [0, 0.05) is 6.54 Å². The average molecular weight is 288 g/mol. The Morgan fingerprint density at radius 3 is 2.76 bits per heavy atom. The minimum atomic E-state index is -0.396. The molecule has 1 amide bonds. The van der Waals surface area contributed by atoms with Gasteiger partial charge >= 0.3 is 0 Å². The highest BCUT2D eigenvalue weighted by molar-refractivity contribution is 5.82. The zero-order chi connectivity index (χ0) is 14.7. The van der Waals surface area contributed by atoms with E-state index < -0.39 is 6.10 Å². The van der Waals surface area contributed by atoms with Crippen LogP contribution in [0.3, 0.4) is 0 Å². The summed E-state index contributed by atoms with van der Waals surface area (Å²) in [6.45, 7) is 0.738. The van der Waals surface area contributed by atoms with Crippen LogP contribution in [0.15, 0.2) is 24.3 Å². The number of hydrogen-bond donors (Lipinski definition) is 3. The zero-order valence-corrected chi connectivity index (χ0v) is 12.3. The fourth-order valence-corrected chi connectivity index (χ4v) is 3.38. The van der Waals surface area contributed by atoms with E-state index in [1.54, 1.807) is 0 Å². The van der Waals surface area contributed by atoms with Crippen LogP contribution in [-0.4, -0.2) is 29.2 Å². The minimum Gasteiger partial charge on any atom is -0.391 e. The maximum Gasteiger partial charge on any atom is 0.237 e. The van der Waals surface area contributed by atoms with Gasteiger partial charge in [0.05, 0.1) is 18.2 Å². The summed E-state index contributed by atoms with van der Waals surface area (Å²) in [5.74, 6) is 0.0236. The molecule has 1 aliphatic carbocycles. The summed E-state index contributed by atoms with van der Waals surface area (Å²) in [6.07, 6.45) is 5.31. The molecule has 0 saturated heterocycles. The minimum absolute atomic E-state index is 0.0236. The molecule has 1 aromatic rings. The topological polar surface area (TPSA) is 61.4 Å². The molecule has 0 bridgehead atoms. The number of nitrogens with one attached hydrogen (secondary N) is 2. The van der Waals surface area contributed by atoms with Crippen LogP contribution in [-0.2, 0) is 17.8 Å². The number of benzene rings is 1. The van der Waals surface area contributed by atoms with Crippen molar-refractivity contribution in [1.29, 1.82) is 0 Å². The SMILES string of the molecule is O=C(NC1CCCCCC1O)[C@@H]1Cc2ccccc2CN1. The molecule has 2 unspecified atom stereocenters. The van der Waals surface area contributed by atoms with E-state index in [1.807, 2.05) is 12.1 Å². The highest BCUT2D eigenvalue weighted by atomic mass is 16.3. The smallest absolute Gasteiger partial charge is 0.237 e. The quantitative estimate of drug-likeness (QED) is 0.723. The lowest BCUT2D eigenvalue weighted by Crippen LogP contribution is -2.52. The van der Waals surface area contributed by atoms with Crippen molar-refractivity contribution in [3.05, 3.63) is 35.4 Å². The van der Waals surface area contributed by atoms with Crippen molar-refractivity contribution in [2.24, 2.45) is 0 Å². The van der Waals surface area contributed by atoms with Gasteiger partial charge in [-0.1, -0.05) is 43.5 Å². The van der Waals surface area contributed by atoms with Gasteiger partial charge in [-0.15, -0.1) is 0 Å². The lowest BCUT2D eigenvalue weighted by Gasteiger charge is -2.28. The fraction of sp³-hybridized carbons (Fsp3) is 0.588. The van der Waals surface area contributed by atoms with Crippen LogP contribution in [0.1, 0.15) is 43.2 Å². The van der Waals surface area contributed by atoms with Crippen LogP contribution in [0, 0.1) is 0 Å². The second-order valence-electron chi connectivity index (χ2n) is 6.23. The van der Waals surface area contributed by atoms with Crippen LogP contribution in [0.25, 0.3) is 0 Å². The van der Waals surface area contributed by atoms with E-state index in [1.165, 1.54) is 11.1 Å². The van der Waals surface area contributed by atoms with Crippen molar-refractivity contribution in [3.63, 3.8) is 0 Å². The lowest BCUT2D eigenvalue weighted by molar-refractivity contribution is -0.125. The Labute approximate surface area is 125 Å². The molecule has 0 spiro atoms. The molecule has 0 radical (unpaired) electrons. The molecule has 1 heterocycles. The first-order valence-electron chi connectivity index (χ1n) is 8.02. The molecule has 2 aliphatic rings. The highest BCUT2D eigenvalue weighted by Crippen LogP contribution is 2.20. The summed E-state index contributed by atoms with van der Waals surface area (Å²) in [5.41, 5.74) is 2.52. The molecule has 0 aromatic heterocycles. The zero-order valence-electron chi connectivity index (χ0n) is 12.3. The molecule has 4 heteroatoms. The van der Waals surface area contributed by atoms with Gasteiger partial charge in [-0.3, -0.25) is 4.79 Å². The maximum absolute atomic E-state index is 12.4. The molecular weight excluding hydrogens is 264 g/mol. The number of aliphatic hydroxyl groups excluding tert-OH is 1. The third-order valence-electron chi connectivity index (χ3n) is 4.70. The first kappa shape index (κ1) is 14.5. The predicted octanol–water partition coefficient (Wildman–Crippen LogP) is 1.51. The van der Waals surface area contributed by atoms with Crippen molar-refractivity contribution in [3.8, 4) is 0 Å². The molecule has 21 heavy (non-hydrogen) atoms. The molecular formula is C17H24N2O2. The monoisotopic (exact) mass is 288 g/mol. The van der Waals surface area contributed by atoms with Crippen LogP contribution >= 0.6 is 0 Å². The fourth-order valence-electron chi connectivity index (χ4n) is 3.38. The molecule has 1 aromatic carbocycles. The van der Waals surface area contributed by atoms with Gasteiger partial charge < -0.3 is 15.7 Å². The number of hydrogen-bond acceptors (Lipinski definition) is 3. The third-order valence-corrected chi connectivity index (χ3v) is 4.70. The molecule has 3 rings (SSSR count). The van der Waals surface area contributed by atoms with E-state index in [4.69, 9.17) is 0 Å². The van der Waals surface area contributed by atoms with Gasteiger partial charge in [0.15, 0.2) is 0 Å². The van der Waals surface area contributed by atoms with E-state index in [0.717, 1.165) is 45.1 Å². The summed E-state index contributed by atoms with van der Waals surface area (Å²) in [6, 6.07) is 7.98. The van der Waals surface area contributed by atoms with Gasteiger partial charge in [-0.05, 0) is 30.4 Å². The number of fused-ring (bicyclic) bond motifs is 1. The van der Waals surface area contributed by atoms with Crippen LogP contribution in [0.2, 0.25) is 0 Å². The molecule has 1 fully saturated rings. The summed E-state index contributed by atoms with van der Waals surface area (Å²) in [4.78, 5) is 12.4. The van der Waals surface area contributed by atoms with E-state index in [9.17, 15) is 9.90 Å². The molecule has 1 aliphatic heterocycles. The molecule has 1 saturated carbocycles. The first-order valence-corrected chi connectivity index (χ1v) is 8.02. The highest BCUT2D eigenvalue weighted by Gasteiger charge is 2.28. The van der Waals surface area contributed by atoms with E-state index in [-0.39, 0.29) is 18.0 Å². The van der Waals surface area contributed by atoms with Gasteiger partial charge in [-0.25, -0.2) is 0 Å². The Bertz CT molecular complexity index is 503. The van der Waals surface area contributed by atoms with Crippen molar-refractivity contribution in [2.75, 3.05) is 0 Å². The Kier molecular flexibility index (Phi) is 4.56. The second-order valence-corrected chi connectivity index (χ2v) is 6.23. The summed E-state index contributed by atoms with van der Waals surface area (Å²) >= 11 is 0. The van der Waals surface area contributed by atoms with Gasteiger partial charge in [0.2, 0.25) is 5.91 Å². The Morgan fingerprint density at radius 2 is 1.90 bits per heavy atom. The number of aliphatic hydroxyl groups is 1. The van der Waals surface area contributed by atoms with Gasteiger partial charge in [-0.2, -0.15) is 0 Å². The Morgan fingerprint density at radius 1 is 1.14 bits per heavy atom. The predicted molar refractivity (Wildman–Crippen MR) is 81.8 cm³/mol. The van der Waals surface area contributed by atoms with Gasteiger partial charge in [0.25, 0.3) is 0 Å². The molecule has 4 nitrogen and oxygen atoms in total. The van der Waals surface area contributed by atoms with Crippen molar-refractivity contribution in [2.45, 2.75) is 63.3 Å². The van der Waals surface area contributed by atoms with Crippen molar-refractivity contribution < 1.29 is 9.90 Å².